The number of halogens is 2. The molecule has 0 radical (unpaired) electrons. The fraction of sp³-hybridized carbons (Fsp3) is 0.125. The fourth-order valence-electron chi connectivity index (χ4n) is 1.73. The number of hydrogen-bond acceptors (Lipinski definition) is 3. The number of carbonyl (C=O) groups excluding carboxylic acids is 2. The van der Waals surface area contributed by atoms with Gasteiger partial charge in [-0.05, 0) is 35.9 Å². The molecule has 1 N–H and O–H groups in total. The Kier molecular flexibility index (Phi) is 5.49. The Bertz CT molecular complexity index is 691. The molecule has 0 spiro atoms. The van der Waals surface area contributed by atoms with Crippen molar-refractivity contribution in [2.75, 3.05) is 6.54 Å². The second-order valence-electron chi connectivity index (χ2n) is 4.48. The predicted molar refractivity (Wildman–Crippen MR) is 80.0 cm³/mol. The third kappa shape index (κ3) is 4.86. The van der Waals surface area contributed by atoms with E-state index in [9.17, 15) is 14.0 Å². The van der Waals surface area contributed by atoms with Gasteiger partial charge in [-0.1, -0.05) is 29.8 Å². The summed E-state index contributed by atoms with van der Waals surface area (Å²) in [5.74, 6) is -1.65. The van der Waals surface area contributed by atoms with Gasteiger partial charge in [0.1, 0.15) is 19.0 Å². The summed E-state index contributed by atoms with van der Waals surface area (Å²) in [6, 6.07) is 12.1. The molecule has 0 saturated heterocycles. The van der Waals surface area contributed by atoms with Gasteiger partial charge in [-0.2, -0.15) is 0 Å². The van der Waals surface area contributed by atoms with Crippen LogP contribution in [0.2, 0.25) is 5.02 Å². The van der Waals surface area contributed by atoms with Crippen LogP contribution in [0.4, 0.5) is 4.39 Å². The molecule has 6 heteroatoms. The highest BCUT2D eigenvalue weighted by Crippen LogP contribution is 2.11. The lowest BCUT2D eigenvalue weighted by molar-refractivity contribution is -0.143. The van der Waals surface area contributed by atoms with E-state index in [4.69, 9.17) is 16.3 Å². The lowest BCUT2D eigenvalue weighted by Gasteiger charge is -2.07. The smallest absolute Gasteiger partial charge is 0.325 e. The van der Waals surface area contributed by atoms with Gasteiger partial charge < -0.3 is 10.1 Å². The minimum atomic E-state index is -0.593. The highest BCUT2D eigenvalue weighted by atomic mass is 35.5. The van der Waals surface area contributed by atoms with Crippen molar-refractivity contribution in [1.82, 2.24) is 5.32 Å². The van der Waals surface area contributed by atoms with E-state index in [1.54, 1.807) is 24.3 Å². The monoisotopic (exact) mass is 321 g/mol. The molecule has 22 heavy (non-hydrogen) atoms. The second-order valence-corrected chi connectivity index (χ2v) is 4.92. The number of nitrogens with one attached hydrogen (secondary N) is 1. The van der Waals surface area contributed by atoms with Gasteiger partial charge in [0.05, 0.1) is 0 Å². The van der Waals surface area contributed by atoms with E-state index in [2.05, 4.69) is 5.32 Å². The maximum absolute atomic E-state index is 13.0. The van der Waals surface area contributed by atoms with Gasteiger partial charge in [-0.3, -0.25) is 9.59 Å². The summed E-state index contributed by atoms with van der Waals surface area (Å²) in [5, 5.41) is 2.92. The van der Waals surface area contributed by atoms with Gasteiger partial charge in [-0.25, -0.2) is 4.39 Å². The van der Waals surface area contributed by atoms with Crippen molar-refractivity contribution in [2.45, 2.75) is 6.61 Å². The van der Waals surface area contributed by atoms with Crippen molar-refractivity contribution in [3.8, 4) is 0 Å². The quantitative estimate of drug-likeness (QED) is 0.861. The van der Waals surface area contributed by atoms with Crippen LogP contribution >= 0.6 is 11.6 Å². The normalized spacial score (nSPS) is 10.1. The van der Waals surface area contributed by atoms with Gasteiger partial charge in [0, 0.05) is 10.6 Å². The van der Waals surface area contributed by atoms with Crippen LogP contribution in [0.1, 0.15) is 15.9 Å². The highest BCUT2D eigenvalue weighted by Gasteiger charge is 2.09. The Labute approximate surface area is 131 Å². The summed E-state index contributed by atoms with van der Waals surface area (Å²) in [5.41, 5.74) is 0.889. The van der Waals surface area contributed by atoms with Gasteiger partial charge in [0.2, 0.25) is 0 Å². The number of ether oxygens (including phenoxy) is 1. The summed E-state index contributed by atoms with van der Waals surface area (Å²) < 4.78 is 18.0. The molecule has 0 saturated carbocycles. The van der Waals surface area contributed by atoms with Crippen molar-refractivity contribution < 1.29 is 18.7 Å². The first-order valence-corrected chi connectivity index (χ1v) is 6.86. The number of carbonyl (C=O) groups is 2. The van der Waals surface area contributed by atoms with E-state index < -0.39 is 17.7 Å². The van der Waals surface area contributed by atoms with E-state index in [1.807, 2.05) is 0 Å². The Morgan fingerprint density at radius 2 is 1.91 bits per heavy atom. The van der Waals surface area contributed by atoms with E-state index >= 15 is 0 Å². The Hall–Kier alpha value is -2.40. The van der Waals surface area contributed by atoms with Crippen LogP contribution in [-0.2, 0) is 16.1 Å². The van der Waals surface area contributed by atoms with E-state index in [0.29, 0.717) is 5.02 Å². The van der Waals surface area contributed by atoms with Gasteiger partial charge in [0.25, 0.3) is 5.91 Å². The first-order chi connectivity index (χ1) is 10.5. The summed E-state index contributed by atoms with van der Waals surface area (Å²) >= 11 is 5.82. The Morgan fingerprint density at radius 3 is 2.64 bits per heavy atom. The van der Waals surface area contributed by atoms with Gasteiger partial charge in [0.15, 0.2) is 0 Å². The number of esters is 1. The molecule has 2 rings (SSSR count). The minimum absolute atomic E-state index is 0.0647. The zero-order valence-electron chi connectivity index (χ0n) is 11.5. The molecule has 2 aromatic carbocycles. The molecule has 114 valence electrons. The molecule has 0 aliphatic carbocycles. The summed E-state index contributed by atoms with van der Waals surface area (Å²) in [4.78, 5) is 23.3. The van der Waals surface area contributed by atoms with Crippen LogP contribution in [-0.4, -0.2) is 18.4 Å². The molecule has 2 aromatic rings. The largest absolute Gasteiger partial charge is 0.460 e. The maximum atomic E-state index is 13.0. The molecule has 4 nitrogen and oxygen atoms in total. The third-order valence-corrected chi connectivity index (χ3v) is 3.00. The highest BCUT2D eigenvalue weighted by molar-refractivity contribution is 6.30. The molecule has 0 bridgehead atoms. The Morgan fingerprint density at radius 1 is 1.14 bits per heavy atom. The van der Waals surface area contributed by atoms with E-state index in [0.717, 1.165) is 11.6 Å². The summed E-state index contributed by atoms with van der Waals surface area (Å²) in [7, 11) is 0. The van der Waals surface area contributed by atoms with Crippen LogP contribution in [0, 0.1) is 5.82 Å². The standard InChI is InChI=1S/C16H13ClFNO3/c17-13-5-1-3-11(7-13)10-22-15(20)9-19-16(21)12-4-2-6-14(18)8-12/h1-8H,9-10H2,(H,19,21). The molecule has 0 aromatic heterocycles. The van der Waals surface area contributed by atoms with E-state index in [1.165, 1.54) is 18.2 Å². The predicted octanol–water partition coefficient (Wildman–Crippen LogP) is 2.95. The van der Waals surface area contributed by atoms with Crippen LogP contribution in [0.3, 0.4) is 0 Å². The lowest BCUT2D eigenvalue weighted by Crippen LogP contribution is -2.30. The lowest BCUT2D eigenvalue weighted by atomic mass is 10.2. The van der Waals surface area contributed by atoms with Gasteiger partial charge in [-0.15, -0.1) is 0 Å². The van der Waals surface area contributed by atoms with Crippen molar-refractivity contribution >= 4 is 23.5 Å². The maximum Gasteiger partial charge on any atom is 0.325 e. The molecule has 0 aliphatic heterocycles. The minimum Gasteiger partial charge on any atom is -0.460 e. The van der Waals surface area contributed by atoms with Crippen LogP contribution < -0.4 is 5.32 Å². The summed E-state index contributed by atoms with van der Waals surface area (Å²) in [6.45, 7) is -0.231. The second kappa shape index (κ2) is 7.56. The van der Waals surface area contributed by atoms with Gasteiger partial charge >= 0.3 is 5.97 Å². The molecular formula is C16H13ClFNO3. The zero-order valence-corrected chi connectivity index (χ0v) is 12.3. The van der Waals surface area contributed by atoms with Crippen LogP contribution in [0.25, 0.3) is 0 Å². The number of amides is 1. The Balaban J connectivity index is 1.79. The summed E-state index contributed by atoms with van der Waals surface area (Å²) in [6.07, 6.45) is 0. The van der Waals surface area contributed by atoms with E-state index in [-0.39, 0.29) is 18.7 Å². The molecule has 0 unspecified atom stereocenters. The molecule has 0 fully saturated rings. The van der Waals surface area contributed by atoms with Crippen molar-refractivity contribution in [1.29, 1.82) is 0 Å². The van der Waals surface area contributed by atoms with Crippen molar-refractivity contribution in [3.05, 3.63) is 70.5 Å². The van der Waals surface area contributed by atoms with Crippen LogP contribution in [0.15, 0.2) is 48.5 Å². The molecule has 1 amide bonds. The number of benzene rings is 2. The zero-order chi connectivity index (χ0) is 15.9. The number of hydrogen-bond donors (Lipinski definition) is 1. The van der Waals surface area contributed by atoms with Crippen molar-refractivity contribution in [3.63, 3.8) is 0 Å². The fourth-order valence-corrected chi connectivity index (χ4v) is 1.94. The molecule has 0 atom stereocenters. The molecule has 0 heterocycles. The molecule has 0 aliphatic rings. The SMILES string of the molecule is O=C(CNC(=O)c1cccc(F)c1)OCc1cccc(Cl)c1. The van der Waals surface area contributed by atoms with Crippen LogP contribution in [0.5, 0.6) is 0 Å². The molecular weight excluding hydrogens is 309 g/mol. The first-order valence-electron chi connectivity index (χ1n) is 6.48. The topological polar surface area (TPSA) is 55.4 Å². The average molecular weight is 322 g/mol. The average Bonchev–Trinajstić information content (AvgIpc) is 2.50. The van der Waals surface area contributed by atoms with Crippen molar-refractivity contribution in [2.24, 2.45) is 0 Å². The third-order valence-electron chi connectivity index (χ3n) is 2.77. The number of rotatable bonds is 5. The first kappa shape index (κ1) is 16.0.